The molecule has 4 heterocycles. The molecule has 75 heavy (non-hydrogen) atoms. The number of carbonyl (C=O) groups is 1. The molecule has 11 rings (SSSR count). The van der Waals surface area contributed by atoms with Crippen LogP contribution < -0.4 is 14.4 Å². The van der Waals surface area contributed by atoms with Crippen molar-refractivity contribution < 1.29 is 19.4 Å². The molecule has 6 nitrogen and oxygen atoms in total. The summed E-state index contributed by atoms with van der Waals surface area (Å²) in [4.78, 5) is 24.2. The molecular weight excluding hydrogens is 981 g/mol. The monoisotopic (exact) mass is 1040 g/mol. The topological polar surface area (TPSA) is 63.4 Å². The van der Waals surface area contributed by atoms with E-state index in [9.17, 15) is 9.90 Å². The van der Waals surface area contributed by atoms with Gasteiger partial charge >= 0.3 is 5.97 Å². The Labute approximate surface area is 454 Å². The van der Waals surface area contributed by atoms with Gasteiger partial charge in [-0.15, -0.1) is 34.0 Å². The first-order valence-corrected chi connectivity index (χ1v) is 29.3. The summed E-state index contributed by atoms with van der Waals surface area (Å²) in [5, 5.41) is 9.76. The standard InChI is InChI=1S/C66H64N2O4S3/c1-8-10-12-14-20-42-36-57(62-43(21-15-13-11-9-2)37-58(75-62)63-60-59(71-34-35-72-60)56(73-63)40-55(67-7)64(69)70)74-61(42)41-26-28-44(29-27-41)68(45-30-32-49-47-22-16-18-24-51(47)65(3,4)53(49)38-45)46-31-33-50-48-23-17-19-25-52(48)66(5,6)54(50)39-46/h16-19,22-33,36-40H,8-15,20-21,34-35H2,1-6H3,(H,69,70)/b55-40+. The van der Waals surface area contributed by atoms with E-state index in [-0.39, 0.29) is 16.5 Å². The Morgan fingerprint density at radius 1 is 0.587 bits per heavy atom. The van der Waals surface area contributed by atoms with E-state index in [1.807, 2.05) is 11.3 Å². The maximum atomic E-state index is 11.9. The van der Waals surface area contributed by atoms with Gasteiger partial charge in [0.15, 0.2) is 11.5 Å². The summed E-state index contributed by atoms with van der Waals surface area (Å²) >= 11 is 5.13. The molecule has 0 saturated heterocycles. The molecule has 0 unspecified atom stereocenters. The van der Waals surface area contributed by atoms with Gasteiger partial charge in [0.05, 0.1) is 16.3 Å². The third kappa shape index (κ3) is 9.23. The number of anilines is 3. The molecular formula is C66H64N2O4S3. The van der Waals surface area contributed by atoms with Crippen LogP contribution in [0, 0.1) is 6.57 Å². The average Bonchev–Trinajstić information content (AvgIpc) is 4.23. The molecule has 1 N–H and O–H groups in total. The van der Waals surface area contributed by atoms with E-state index in [4.69, 9.17) is 16.0 Å². The van der Waals surface area contributed by atoms with Crippen LogP contribution in [0.15, 0.2) is 127 Å². The summed E-state index contributed by atoms with van der Waals surface area (Å²) in [7, 11) is 0. The number of thiophene rings is 3. The fourth-order valence-corrected chi connectivity index (χ4v) is 15.5. The van der Waals surface area contributed by atoms with Gasteiger partial charge in [0.25, 0.3) is 5.70 Å². The molecule has 0 amide bonds. The highest BCUT2D eigenvalue weighted by Gasteiger charge is 2.38. The molecule has 0 bridgehead atoms. The zero-order valence-corrected chi connectivity index (χ0v) is 46.4. The van der Waals surface area contributed by atoms with Crippen molar-refractivity contribution in [3.63, 3.8) is 0 Å². The van der Waals surface area contributed by atoms with E-state index >= 15 is 0 Å². The first kappa shape index (κ1) is 50.5. The number of carboxylic acid groups (broad SMARTS) is 1. The summed E-state index contributed by atoms with van der Waals surface area (Å²) < 4.78 is 12.4. The Kier molecular flexibility index (Phi) is 14.0. The van der Waals surface area contributed by atoms with Gasteiger partial charge in [-0.2, -0.15) is 0 Å². The van der Waals surface area contributed by atoms with E-state index in [2.05, 4.69) is 173 Å². The Hall–Kier alpha value is -6.70. The van der Waals surface area contributed by atoms with Crippen LogP contribution in [0.1, 0.15) is 131 Å². The van der Waals surface area contributed by atoms with E-state index in [0.717, 1.165) is 52.5 Å². The van der Waals surface area contributed by atoms with Gasteiger partial charge in [-0.25, -0.2) is 4.85 Å². The number of nitrogens with zero attached hydrogens (tertiary/aromatic N) is 2. The van der Waals surface area contributed by atoms with Gasteiger partial charge in [-0.05, 0) is 141 Å². The first-order chi connectivity index (χ1) is 36.4. The van der Waals surface area contributed by atoms with Crippen LogP contribution in [0.3, 0.4) is 0 Å². The lowest BCUT2D eigenvalue weighted by Crippen LogP contribution is -2.18. The second-order valence-electron chi connectivity index (χ2n) is 21.3. The number of benzene rings is 5. The van der Waals surface area contributed by atoms with Crippen molar-refractivity contribution in [3.05, 3.63) is 177 Å². The molecule has 0 radical (unpaired) electrons. The minimum Gasteiger partial charge on any atom is -0.486 e. The van der Waals surface area contributed by atoms with E-state index in [1.54, 1.807) is 11.3 Å². The number of carboxylic acids is 1. The van der Waals surface area contributed by atoms with Crippen LogP contribution in [-0.2, 0) is 28.5 Å². The maximum absolute atomic E-state index is 11.9. The molecule has 1 aliphatic heterocycles. The normalized spacial score (nSPS) is 14.5. The Bertz CT molecular complexity index is 3440. The third-order valence-electron chi connectivity index (χ3n) is 15.7. The lowest BCUT2D eigenvalue weighted by atomic mass is 9.82. The Morgan fingerprint density at radius 3 is 1.63 bits per heavy atom. The molecule has 2 aliphatic carbocycles. The van der Waals surface area contributed by atoms with Crippen LogP contribution >= 0.6 is 34.0 Å². The van der Waals surface area contributed by atoms with Gasteiger partial charge in [0.2, 0.25) is 0 Å². The van der Waals surface area contributed by atoms with Gasteiger partial charge in [-0.1, -0.05) is 153 Å². The number of ether oxygens (including phenoxy) is 2. The van der Waals surface area contributed by atoms with Crippen molar-refractivity contribution in [2.24, 2.45) is 0 Å². The van der Waals surface area contributed by atoms with Gasteiger partial charge in [0, 0.05) is 47.4 Å². The second-order valence-corrected chi connectivity index (χ2v) is 24.5. The molecule has 380 valence electrons. The van der Waals surface area contributed by atoms with Crippen LogP contribution in [0.4, 0.5) is 17.1 Å². The summed E-state index contributed by atoms with van der Waals surface area (Å²) in [6.07, 6.45) is 12.8. The third-order valence-corrected chi connectivity index (χ3v) is 19.6. The number of aryl methyl sites for hydroxylation is 2. The minimum atomic E-state index is -1.26. The van der Waals surface area contributed by atoms with E-state index < -0.39 is 5.97 Å². The van der Waals surface area contributed by atoms with Crippen molar-refractivity contribution in [3.8, 4) is 63.7 Å². The number of fused-ring (bicyclic) bond motifs is 7. The molecule has 0 fully saturated rings. The number of hydrogen-bond acceptors (Lipinski definition) is 7. The Morgan fingerprint density at radius 2 is 1.08 bits per heavy atom. The van der Waals surface area contributed by atoms with Crippen molar-refractivity contribution in [1.82, 2.24) is 0 Å². The average molecular weight is 1050 g/mol. The zero-order valence-electron chi connectivity index (χ0n) is 43.9. The van der Waals surface area contributed by atoms with Gasteiger partial charge < -0.3 is 19.5 Å². The minimum absolute atomic E-state index is 0.140. The molecule has 0 saturated carbocycles. The number of hydrogen-bond donors (Lipinski definition) is 1. The predicted octanol–water partition coefficient (Wildman–Crippen LogP) is 19.3. The quantitative estimate of drug-likeness (QED) is 0.0527. The van der Waals surface area contributed by atoms with Gasteiger partial charge in [-0.3, -0.25) is 4.79 Å². The van der Waals surface area contributed by atoms with Crippen molar-refractivity contribution in [2.75, 3.05) is 18.1 Å². The molecule has 0 spiro atoms. The summed E-state index contributed by atoms with van der Waals surface area (Å²) in [6.45, 7) is 22.3. The predicted molar refractivity (Wildman–Crippen MR) is 315 cm³/mol. The zero-order chi connectivity index (χ0) is 52.0. The van der Waals surface area contributed by atoms with Crippen LogP contribution in [-0.4, -0.2) is 24.3 Å². The SMILES string of the molecule is [C-]#[N+]/C(=C/c1sc(-c2cc(CCCCCC)c(-c3cc(CCCCCC)c(-c4ccc(N(c5ccc6c(c5)C(C)(C)c5ccccc5-6)c5ccc6c(c5)C(C)(C)c5ccccc5-6)cc4)s3)s2)c2c1OCCO2)C(=O)O. The molecule has 0 atom stereocenters. The molecule has 9 heteroatoms. The highest BCUT2D eigenvalue weighted by Crippen LogP contribution is 2.56. The maximum Gasteiger partial charge on any atom is 0.333 e. The smallest absolute Gasteiger partial charge is 0.333 e. The number of rotatable bonds is 18. The fraction of sp³-hybridized carbons (Fsp3) is 0.303. The van der Waals surface area contributed by atoms with E-state index in [1.165, 1.54) is 132 Å². The Balaban J connectivity index is 1.01. The first-order valence-electron chi connectivity index (χ1n) is 26.8. The summed E-state index contributed by atoms with van der Waals surface area (Å²) in [5.41, 5.74) is 17.4. The molecule has 3 aliphatic rings. The molecule has 3 aromatic heterocycles. The number of aliphatic carboxylic acids is 1. The highest BCUT2D eigenvalue weighted by molar-refractivity contribution is 7.27. The van der Waals surface area contributed by atoms with Crippen molar-refractivity contribution in [2.45, 2.75) is 117 Å². The van der Waals surface area contributed by atoms with E-state index in [0.29, 0.717) is 29.6 Å². The summed E-state index contributed by atoms with van der Waals surface area (Å²) in [6, 6.07) is 46.1. The van der Waals surface area contributed by atoms with Crippen molar-refractivity contribution in [1.29, 1.82) is 0 Å². The van der Waals surface area contributed by atoms with Crippen molar-refractivity contribution >= 4 is 63.1 Å². The van der Waals surface area contributed by atoms with Crippen LogP contribution in [0.5, 0.6) is 11.5 Å². The van der Waals surface area contributed by atoms with Crippen LogP contribution in [0.2, 0.25) is 0 Å². The highest BCUT2D eigenvalue weighted by atomic mass is 32.1. The number of unbranched alkanes of at least 4 members (excludes halogenated alkanes) is 6. The molecule has 5 aromatic carbocycles. The lowest BCUT2D eigenvalue weighted by molar-refractivity contribution is -0.132. The largest absolute Gasteiger partial charge is 0.486 e. The lowest BCUT2D eigenvalue weighted by Gasteiger charge is -2.30. The fourth-order valence-electron chi connectivity index (χ4n) is 11.8. The van der Waals surface area contributed by atoms with Gasteiger partial charge in [0.1, 0.15) is 13.2 Å². The summed E-state index contributed by atoms with van der Waals surface area (Å²) in [5.74, 6) is -0.0968. The molecule has 8 aromatic rings. The second kappa shape index (κ2) is 20.8. The van der Waals surface area contributed by atoms with Crippen LogP contribution in [0.25, 0.3) is 63.1 Å².